The number of pyridine rings is 1. The number of benzene rings is 1. The number of nitrogens with zero attached hydrogens (tertiary/aromatic N) is 1. The number of aromatic nitrogens is 1. The van der Waals surface area contributed by atoms with Crippen molar-refractivity contribution < 1.29 is 4.74 Å². The highest BCUT2D eigenvalue weighted by Gasteiger charge is 2.12. The van der Waals surface area contributed by atoms with Crippen LogP contribution in [-0.4, -0.2) is 12.1 Å². The Balaban J connectivity index is 2.77. The molecular formula is C13H16BrN3O. The van der Waals surface area contributed by atoms with Crippen LogP contribution in [0.25, 0.3) is 10.9 Å². The second-order valence-corrected chi connectivity index (χ2v) is 4.88. The molecule has 96 valence electrons. The Morgan fingerprint density at radius 1 is 1.44 bits per heavy atom. The first-order valence-electron chi connectivity index (χ1n) is 5.84. The molecule has 0 aliphatic heterocycles. The monoisotopic (exact) mass is 309 g/mol. The lowest BCUT2D eigenvalue weighted by Crippen LogP contribution is -2.09. The Morgan fingerprint density at radius 2 is 2.22 bits per heavy atom. The van der Waals surface area contributed by atoms with Crippen molar-refractivity contribution in [1.82, 2.24) is 4.98 Å². The lowest BCUT2D eigenvalue weighted by atomic mass is 10.1. The largest absolute Gasteiger partial charge is 0.494 e. The Kier molecular flexibility index (Phi) is 4.04. The van der Waals surface area contributed by atoms with Crippen LogP contribution in [0.2, 0.25) is 0 Å². The van der Waals surface area contributed by atoms with E-state index in [4.69, 9.17) is 10.6 Å². The van der Waals surface area contributed by atoms with Crippen molar-refractivity contribution >= 4 is 32.5 Å². The Bertz CT molecular complexity index is 572. The first-order valence-corrected chi connectivity index (χ1v) is 6.63. The van der Waals surface area contributed by atoms with Crippen LogP contribution in [0.15, 0.2) is 22.7 Å². The minimum atomic E-state index is 0.752. The van der Waals surface area contributed by atoms with Gasteiger partial charge in [0.05, 0.1) is 12.8 Å². The van der Waals surface area contributed by atoms with E-state index in [0.29, 0.717) is 0 Å². The topological polar surface area (TPSA) is 60.2 Å². The quantitative estimate of drug-likeness (QED) is 0.672. The summed E-state index contributed by atoms with van der Waals surface area (Å²) in [5.41, 5.74) is 5.42. The smallest absolute Gasteiger partial charge is 0.145 e. The molecule has 0 aliphatic carbocycles. The molecule has 0 saturated heterocycles. The van der Waals surface area contributed by atoms with Crippen molar-refractivity contribution in [2.24, 2.45) is 5.84 Å². The lowest BCUT2D eigenvalue weighted by molar-refractivity contribution is 0.418. The Hall–Kier alpha value is -1.33. The number of rotatable bonds is 4. The molecule has 2 aromatic rings. The third-order valence-corrected chi connectivity index (χ3v) is 3.47. The maximum atomic E-state index is 5.60. The minimum Gasteiger partial charge on any atom is -0.494 e. The van der Waals surface area contributed by atoms with Crippen LogP contribution >= 0.6 is 15.9 Å². The number of ether oxygens (including phenoxy) is 1. The Labute approximate surface area is 115 Å². The van der Waals surface area contributed by atoms with Gasteiger partial charge in [0.25, 0.3) is 0 Å². The van der Waals surface area contributed by atoms with Gasteiger partial charge in [0.1, 0.15) is 11.3 Å². The Morgan fingerprint density at radius 3 is 2.83 bits per heavy atom. The number of aryl methyl sites for hydroxylation is 1. The van der Waals surface area contributed by atoms with Crippen LogP contribution in [0.5, 0.6) is 5.75 Å². The SMILES string of the molecule is CCCc1cc(NN)c2c(Br)ccc(OC)c2n1. The van der Waals surface area contributed by atoms with E-state index >= 15 is 0 Å². The predicted octanol–water partition coefficient (Wildman–Crippen LogP) is 3.24. The molecule has 0 spiro atoms. The van der Waals surface area contributed by atoms with Crippen molar-refractivity contribution in [2.75, 3.05) is 12.5 Å². The second-order valence-electron chi connectivity index (χ2n) is 4.03. The van der Waals surface area contributed by atoms with Crippen molar-refractivity contribution in [2.45, 2.75) is 19.8 Å². The molecule has 0 fully saturated rings. The maximum absolute atomic E-state index is 5.60. The number of nitrogens with one attached hydrogen (secondary N) is 1. The molecule has 0 radical (unpaired) electrons. The van der Waals surface area contributed by atoms with Gasteiger partial charge in [-0.15, -0.1) is 0 Å². The molecule has 2 rings (SSSR count). The molecule has 4 nitrogen and oxygen atoms in total. The zero-order valence-electron chi connectivity index (χ0n) is 10.5. The fourth-order valence-corrected chi connectivity index (χ4v) is 2.53. The first kappa shape index (κ1) is 13.1. The van der Waals surface area contributed by atoms with Crippen LogP contribution in [0, 0.1) is 0 Å². The van der Waals surface area contributed by atoms with E-state index < -0.39 is 0 Å². The molecule has 1 heterocycles. The number of methoxy groups -OCH3 is 1. The molecule has 0 unspecified atom stereocenters. The number of anilines is 1. The molecule has 3 N–H and O–H groups in total. The van der Waals surface area contributed by atoms with Gasteiger partial charge in [-0.2, -0.15) is 0 Å². The molecule has 0 amide bonds. The summed E-state index contributed by atoms with van der Waals surface area (Å²) in [6, 6.07) is 5.81. The van der Waals surface area contributed by atoms with Crippen LogP contribution in [0.1, 0.15) is 19.0 Å². The summed E-state index contributed by atoms with van der Waals surface area (Å²) in [6.45, 7) is 2.12. The van der Waals surface area contributed by atoms with Crippen LogP contribution in [0.4, 0.5) is 5.69 Å². The molecular weight excluding hydrogens is 294 g/mol. The van der Waals surface area contributed by atoms with E-state index in [1.165, 1.54) is 0 Å². The van der Waals surface area contributed by atoms with Crippen molar-refractivity contribution in [3.63, 3.8) is 0 Å². The molecule has 5 heteroatoms. The van der Waals surface area contributed by atoms with Gasteiger partial charge in [0.2, 0.25) is 0 Å². The summed E-state index contributed by atoms with van der Waals surface area (Å²) in [4.78, 5) is 4.65. The summed E-state index contributed by atoms with van der Waals surface area (Å²) < 4.78 is 6.31. The summed E-state index contributed by atoms with van der Waals surface area (Å²) in [5, 5.41) is 0.941. The van der Waals surface area contributed by atoms with E-state index in [9.17, 15) is 0 Å². The van der Waals surface area contributed by atoms with Gasteiger partial charge in [-0.1, -0.05) is 29.3 Å². The molecule has 0 aliphatic rings. The van der Waals surface area contributed by atoms with Gasteiger partial charge in [-0.25, -0.2) is 4.98 Å². The lowest BCUT2D eigenvalue weighted by Gasteiger charge is -2.12. The van der Waals surface area contributed by atoms with E-state index in [2.05, 4.69) is 33.3 Å². The van der Waals surface area contributed by atoms with E-state index in [-0.39, 0.29) is 0 Å². The standard InChI is InChI=1S/C13H16BrN3O/c1-3-4-8-7-10(17-15)12-9(14)5-6-11(18-2)13(12)16-8/h5-7H,3-4,15H2,1-2H3,(H,16,17). The number of halogens is 1. The number of nitrogens with two attached hydrogens (primary N) is 1. The number of fused-ring (bicyclic) bond motifs is 1. The summed E-state index contributed by atoms with van der Waals surface area (Å²) in [5.74, 6) is 6.35. The summed E-state index contributed by atoms with van der Waals surface area (Å²) in [7, 11) is 1.65. The first-order chi connectivity index (χ1) is 8.71. The van der Waals surface area contributed by atoms with Gasteiger partial charge >= 0.3 is 0 Å². The number of hydrazine groups is 1. The molecule has 0 bridgehead atoms. The zero-order chi connectivity index (χ0) is 13.1. The normalized spacial score (nSPS) is 10.7. The van der Waals surface area contributed by atoms with E-state index in [1.807, 2.05) is 18.2 Å². The highest BCUT2D eigenvalue weighted by Crippen LogP contribution is 2.35. The molecule has 18 heavy (non-hydrogen) atoms. The van der Waals surface area contributed by atoms with Crippen LogP contribution in [0.3, 0.4) is 0 Å². The van der Waals surface area contributed by atoms with Crippen molar-refractivity contribution in [3.8, 4) is 5.75 Å². The van der Waals surface area contributed by atoms with Gasteiger partial charge in [-0.05, 0) is 24.6 Å². The van der Waals surface area contributed by atoms with Gasteiger partial charge in [-0.3, -0.25) is 5.84 Å². The summed E-state index contributed by atoms with van der Waals surface area (Å²) in [6.07, 6.45) is 1.96. The number of hydrogen-bond donors (Lipinski definition) is 2. The zero-order valence-corrected chi connectivity index (χ0v) is 12.0. The average molecular weight is 310 g/mol. The number of nitrogen functional groups attached to an aromatic ring is 1. The fraction of sp³-hybridized carbons (Fsp3) is 0.308. The summed E-state index contributed by atoms with van der Waals surface area (Å²) >= 11 is 3.52. The van der Waals surface area contributed by atoms with Crippen LogP contribution in [-0.2, 0) is 6.42 Å². The average Bonchev–Trinajstić information content (AvgIpc) is 2.38. The molecule has 1 aromatic carbocycles. The third kappa shape index (κ3) is 2.28. The van der Waals surface area contributed by atoms with Gasteiger partial charge in [0, 0.05) is 15.6 Å². The number of hydrogen-bond acceptors (Lipinski definition) is 4. The molecule has 1 aromatic heterocycles. The molecule has 0 atom stereocenters. The molecule has 0 saturated carbocycles. The third-order valence-electron chi connectivity index (χ3n) is 2.81. The van der Waals surface area contributed by atoms with Crippen LogP contribution < -0.4 is 16.0 Å². The minimum absolute atomic E-state index is 0.752. The predicted molar refractivity (Wildman–Crippen MR) is 77.8 cm³/mol. The van der Waals surface area contributed by atoms with Crippen molar-refractivity contribution in [3.05, 3.63) is 28.4 Å². The van der Waals surface area contributed by atoms with Gasteiger partial charge in [0.15, 0.2) is 0 Å². The maximum Gasteiger partial charge on any atom is 0.145 e. The van der Waals surface area contributed by atoms with Crippen molar-refractivity contribution in [1.29, 1.82) is 0 Å². The fourth-order valence-electron chi connectivity index (χ4n) is 1.99. The van der Waals surface area contributed by atoms with Gasteiger partial charge < -0.3 is 10.2 Å². The highest BCUT2D eigenvalue weighted by atomic mass is 79.9. The highest BCUT2D eigenvalue weighted by molar-refractivity contribution is 9.10. The van der Waals surface area contributed by atoms with E-state index in [0.717, 1.165) is 45.3 Å². The van der Waals surface area contributed by atoms with E-state index in [1.54, 1.807) is 7.11 Å². The second kappa shape index (κ2) is 5.54.